The number of aryl methyl sites for hydroxylation is 2. The summed E-state index contributed by atoms with van der Waals surface area (Å²) in [5.74, 6) is 0. The fraction of sp³-hybridized carbons (Fsp3) is 0.176. The monoisotopic (exact) mass is 438 g/mol. The van der Waals surface area contributed by atoms with E-state index in [2.05, 4.69) is 126 Å². The SMILES string of the molecule is Cc1ccc2cc(-c3ccc4c(c3)C(C)(C)c3ccc(-c5ccccc5C)c(C)c3-4)ccc2c1. The van der Waals surface area contributed by atoms with Crippen LogP contribution in [0.4, 0.5) is 0 Å². The Bertz CT molecular complexity index is 1600. The molecular weight excluding hydrogens is 408 g/mol. The summed E-state index contributed by atoms with van der Waals surface area (Å²) >= 11 is 0. The van der Waals surface area contributed by atoms with Crippen LogP contribution in [0.15, 0.2) is 91.0 Å². The summed E-state index contributed by atoms with van der Waals surface area (Å²) in [5, 5.41) is 2.60. The van der Waals surface area contributed by atoms with Gasteiger partial charge in [-0.25, -0.2) is 0 Å². The van der Waals surface area contributed by atoms with Crippen molar-refractivity contribution in [2.24, 2.45) is 0 Å². The molecule has 0 nitrogen and oxygen atoms in total. The van der Waals surface area contributed by atoms with E-state index >= 15 is 0 Å². The summed E-state index contributed by atoms with van der Waals surface area (Å²) in [5.41, 5.74) is 14.9. The number of hydrogen-bond acceptors (Lipinski definition) is 0. The van der Waals surface area contributed by atoms with E-state index < -0.39 is 0 Å². The first-order valence-electron chi connectivity index (χ1n) is 12.2. The highest BCUT2D eigenvalue weighted by molar-refractivity contribution is 5.92. The van der Waals surface area contributed by atoms with Crippen molar-refractivity contribution in [3.63, 3.8) is 0 Å². The van der Waals surface area contributed by atoms with E-state index in [0.29, 0.717) is 0 Å². The van der Waals surface area contributed by atoms with Crippen molar-refractivity contribution in [1.82, 2.24) is 0 Å². The Labute approximate surface area is 202 Å². The summed E-state index contributed by atoms with van der Waals surface area (Å²) in [6, 6.07) is 34.0. The maximum atomic E-state index is 2.43. The van der Waals surface area contributed by atoms with Crippen molar-refractivity contribution in [2.75, 3.05) is 0 Å². The quantitative estimate of drug-likeness (QED) is 0.257. The predicted octanol–water partition coefficient (Wildman–Crippen LogP) is 9.41. The minimum absolute atomic E-state index is 0.0241. The van der Waals surface area contributed by atoms with Gasteiger partial charge in [-0.3, -0.25) is 0 Å². The third kappa shape index (κ3) is 3.06. The van der Waals surface area contributed by atoms with Crippen LogP contribution in [0.25, 0.3) is 44.2 Å². The second-order valence-corrected chi connectivity index (χ2v) is 10.4. The molecule has 0 N–H and O–H groups in total. The van der Waals surface area contributed by atoms with Crippen LogP contribution < -0.4 is 0 Å². The highest BCUT2D eigenvalue weighted by Crippen LogP contribution is 2.52. The lowest BCUT2D eigenvalue weighted by Gasteiger charge is -2.23. The third-order valence-corrected chi connectivity index (χ3v) is 7.86. The zero-order valence-corrected chi connectivity index (χ0v) is 20.7. The zero-order valence-electron chi connectivity index (χ0n) is 20.7. The van der Waals surface area contributed by atoms with Crippen molar-refractivity contribution in [1.29, 1.82) is 0 Å². The van der Waals surface area contributed by atoms with E-state index in [9.17, 15) is 0 Å². The van der Waals surface area contributed by atoms with Gasteiger partial charge in [0.1, 0.15) is 0 Å². The van der Waals surface area contributed by atoms with Crippen LogP contribution >= 0.6 is 0 Å². The first-order valence-corrected chi connectivity index (χ1v) is 12.2. The van der Waals surface area contributed by atoms with Gasteiger partial charge in [-0.15, -0.1) is 0 Å². The molecule has 0 bridgehead atoms. The molecule has 34 heavy (non-hydrogen) atoms. The maximum Gasteiger partial charge on any atom is 0.0159 e. The molecule has 166 valence electrons. The second kappa shape index (κ2) is 7.43. The number of fused-ring (bicyclic) bond motifs is 4. The molecule has 0 aliphatic heterocycles. The first kappa shape index (κ1) is 20.9. The van der Waals surface area contributed by atoms with Gasteiger partial charge in [-0.05, 0) is 99.3 Å². The topological polar surface area (TPSA) is 0 Å². The Hall–Kier alpha value is -3.64. The van der Waals surface area contributed by atoms with E-state index in [1.165, 1.54) is 72.0 Å². The smallest absolute Gasteiger partial charge is 0.0159 e. The molecule has 0 radical (unpaired) electrons. The molecule has 0 saturated carbocycles. The second-order valence-electron chi connectivity index (χ2n) is 10.4. The average Bonchev–Trinajstić information content (AvgIpc) is 3.06. The predicted molar refractivity (Wildman–Crippen MR) is 147 cm³/mol. The van der Waals surface area contributed by atoms with Gasteiger partial charge in [0.2, 0.25) is 0 Å². The zero-order chi connectivity index (χ0) is 23.6. The van der Waals surface area contributed by atoms with Crippen molar-refractivity contribution in [2.45, 2.75) is 40.0 Å². The molecule has 6 rings (SSSR count). The molecule has 0 fully saturated rings. The Morgan fingerprint density at radius 1 is 0.529 bits per heavy atom. The molecular formula is C34H30. The van der Waals surface area contributed by atoms with Crippen LogP contribution in [-0.2, 0) is 5.41 Å². The van der Waals surface area contributed by atoms with Crippen LogP contribution in [0.1, 0.15) is 41.7 Å². The molecule has 1 aliphatic carbocycles. The van der Waals surface area contributed by atoms with E-state index in [-0.39, 0.29) is 5.41 Å². The molecule has 0 amide bonds. The van der Waals surface area contributed by atoms with Crippen molar-refractivity contribution in [3.8, 4) is 33.4 Å². The van der Waals surface area contributed by atoms with Crippen LogP contribution in [-0.4, -0.2) is 0 Å². The lowest BCUT2D eigenvalue weighted by Crippen LogP contribution is -2.15. The third-order valence-electron chi connectivity index (χ3n) is 7.86. The highest BCUT2D eigenvalue weighted by atomic mass is 14.4. The maximum absolute atomic E-state index is 2.43. The lowest BCUT2D eigenvalue weighted by atomic mass is 9.80. The van der Waals surface area contributed by atoms with Crippen LogP contribution in [0.5, 0.6) is 0 Å². The fourth-order valence-corrected chi connectivity index (χ4v) is 5.90. The standard InChI is InChI=1S/C34H30/c1-21-10-11-25-19-26(13-12-24(25)18-21)27-14-15-30-32(20-27)34(4,5)31-17-16-29(23(3)33(30)31)28-9-7-6-8-22(28)2/h6-20H,1-5H3. The van der Waals surface area contributed by atoms with Gasteiger partial charge in [-0.1, -0.05) is 98.3 Å². The highest BCUT2D eigenvalue weighted by Gasteiger charge is 2.37. The van der Waals surface area contributed by atoms with Gasteiger partial charge in [0.05, 0.1) is 0 Å². The van der Waals surface area contributed by atoms with Gasteiger partial charge in [0.25, 0.3) is 0 Å². The Morgan fingerprint density at radius 2 is 1.21 bits per heavy atom. The van der Waals surface area contributed by atoms with E-state index in [1.807, 2.05) is 0 Å². The van der Waals surface area contributed by atoms with E-state index in [1.54, 1.807) is 0 Å². The molecule has 0 atom stereocenters. The Kier molecular flexibility index (Phi) is 4.58. The molecule has 0 heterocycles. The van der Waals surface area contributed by atoms with Crippen LogP contribution in [0.2, 0.25) is 0 Å². The average molecular weight is 439 g/mol. The molecule has 0 spiro atoms. The summed E-state index contributed by atoms with van der Waals surface area (Å²) in [7, 11) is 0. The van der Waals surface area contributed by atoms with Crippen molar-refractivity contribution in [3.05, 3.63) is 119 Å². The molecule has 0 aromatic heterocycles. The number of rotatable bonds is 2. The number of hydrogen-bond donors (Lipinski definition) is 0. The van der Waals surface area contributed by atoms with Crippen molar-refractivity contribution >= 4 is 10.8 Å². The molecule has 0 saturated heterocycles. The lowest BCUT2D eigenvalue weighted by molar-refractivity contribution is 0.660. The van der Waals surface area contributed by atoms with Crippen LogP contribution in [0, 0.1) is 20.8 Å². The molecule has 5 aromatic rings. The molecule has 5 aromatic carbocycles. The van der Waals surface area contributed by atoms with Gasteiger partial charge < -0.3 is 0 Å². The number of benzene rings is 5. The van der Waals surface area contributed by atoms with E-state index in [4.69, 9.17) is 0 Å². The summed E-state index contributed by atoms with van der Waals surface area (Å²) < 4.78 is 0. The van der Waals surface area contributed by atoms with E-state index in [0.717, 1.165) is 0 Å². The molecule has 0 heteroatoms. The van der Waals surface area contributed by atoms with Crippen molar-refractivity contribution < 1.29 is 0 Å². The van der Waals surface area contributed by atoms with Gasteiger partial charge in [-0.2, -0.15) is 0 Å². The minimum atomic E-state index is -0.0241. The minimum Gasteiger partial charge on any atom is -0.0620 e. The Morgan fingerprint density at radius 3 is 2.03 bits per heavy atom. The Balaban J connectivity index is 1.51. The summed E-state index contributed by atoms with van der Waals surface area (Å²) in [4.78, 5) is 0. The molecule has 1 aliphatic rings. The largest absolute Gasteiger partial charge is 0.0620 e. The van der Waals surface area contributed by atoms with Gasteiger partial charge in [0, 0.05) is 5.41 Å². The first-order chi connectivity index (χ1) is 16.3. The normalized spacial score (nSPS) is 13.7. The van der Waals surface area contributed by atoms with Gasteiger partial charge >= 0.3 is 0 Å². The van der Waals surface area contributed by atoms with Crippen LogP contribution in [0.3, 0.4) is 0 Å². The molecule has 0 unspecified atom stereocenters. The van der Waals surface area contributed by atoms with Gasteiger partial charge in [0.15, 0.2) is 0 Å². The summed E-state index contributed by atoms with van der Waals surface area (Å²) in [6.07, 6.45) is 0. The summed E-state index contributed by atoms with van der Waals surface area (Å²) in [6.45, 7) is 11.4. The fourth-order valence-electron chi connectivity index (χ4n) is 5.90.